The van der Waals surface area contributed by atoms with Gasteiger partial charge in [-0.1, -0.05) is 0 Å². The van der Waals surface area contributed by atoms with E-state index in [2.05, 4.69) is 0 Å². The van der Waals surface area contributed by atoms with Crippen LogP contribution in [0.4, 0.5) is 0 Å². The predicted octanol–water partition coefficient (Wildman–Crippen LogP) is -2.75. The lowest BCUT2D eigenvalue weighted by molar-refractivity contribution is -0.138. The third-order valence-electron chi connectivity index (χ3n) is 1.69. The van der Waals surface area contributed by atoms with Crippen molar-refractivity contribution in [1.29, 1.82) is 0 Å². The Hall–Kier alpha value is -0.740. The molecule has 0 spiro atoms. The highest BCUT2D eigenvalue weighted by atomic mass is 32.2. The van der Waals surface area contributed by atoms with Crippen LogP contribution < -0.4 is 16.6 Å². The van der Waals surface area contributed by atoms with Crippen LogP contribution in [0, 0.1) is 0 Å². The maximum Gasteiger partial charge on any atom is 0.321 e. The molecule has 8 nitrogen and oxygen atoms in total. The Balaban J connectivity index is 4.45. The summed E-state index contributed by atoms with van der Waals surface area (Å²) >= 11 is 0. The molecule has 9 heteroatoms. The Morgan fingerprint density at radius 1 is 1.47 bits per heavy atom. The van der Waals surface area contributed by atoms with Gasteiger partial charge in [0.05, 0.1) is 0 Å². The number of carboxylic acids is 1. The normalized spacial score (nSPS) is 14.1. The second-order valence-corrected chi connectivity index (χ2v) is 4.54. The van der Waals surface area contributed by atoms with Crippen LogP contribution in [-0.2, 0) is 15.0 Å². The molecule has 0 aromatic heterocycles. The largest absolute Gasteiger partial charge is 0.480 e. The van der Waals surface area contributed by atoms with E-state index < -0.39 is 22.2 Å². The molecule has 0 saturated heterocycles. The number of nitrogens with zero attached hydrogens (tertiary/aromatic N) is 1. The molecule has 0 fully saturated rings. The minimum Gasteiger partial charge on any atom is -0.480 e. The van der Waals surface area contributed by atoms with Gasteiger partial charge in [-0.05, 0) is 13.0 Å². The minimum absolute atomic E-state index is 0.0658. The maximum absolute atomic E-state index is 11.0. The van der Waals surface area contributed by atoms with Crippen LogP contribution in [0.15, 0.2) is 0 Å². The first-order chi connectivity index (χ1) is 6.79. The molecular weight excluding hydrogens is 224 g/mol. The number of hydrogen-bond donors (Lipinski definition) is 4. The van der Waals surface area contributed by atoms with Crippen molar-refractivity contribution in [2.45, 2.75) is 12.5 Å². The number of rotatable bonds is 7. The van der Waals surface area contributed by atoms with Gasteiger partial charge in [-0.25, -0.2) is 5.14 Å². The molecule has 7 N–H and O–H groups in total. The zero-order valence-corrected chi connectivity index (χ0v) is 8.98. The van der Waals surface area contributed by atoms with Gasteiger partial charge >= 0.3 is 5.97 Å². The van der Waals surface area contributed by atoms with Crippen LogP contribution >= 0.6 is 0 Å². The standard InChI is InChI=1S/C6H16N4O4S/c7-2-1-3-10(15(9,13)14)4-5(8)6(11)12/h5H,1-4,7-8H2,(H,11,12)(H2,9,13,14)/t5-/m0/s1. The fourth-order valence-corrected chi connectivity index (χ4v) is 1.64. The van der Waals surface area contributed by atoms with Crippen molar-refractivity contribution in [3.63, 3.8) is 0 Å². The second kappa shape index (κ2) is 5.98. The first-order valence-electron chi connectivity index (χ1n) is 4.25. The van der Waals surface area contributed by atoms with Crippen molar-refractivity contribution in [2.75, 3.05) is 19.6 Å². The molecule has 15 heavy (non-hydrogen) atoms. The van der Waals surface area contributed by atoms with E-state index in [0.717, 1.165) is 4.31 Å². The van der Waals surface area contributed by atoms with E-state index >= 15 is 0 Å². The molecule has 0 bridgehead atoms. The van der Waals surface area contributed by atoms with Crippen molar-refractivity contribution in [1.82, 2.24) is 4.31 Å². The zero-order chi connectivity index (χ0) is 12.1. The van der Waals surface area contributed by atoms with Crippen LogP contribution in [0.5, 0.6) is 0 Å². The maximum atomic E-state index is 11.0. The summed E-state index contributed by atoms with van der Waals surface area (Å²) in [6, 6.07) is -1.29. The van der Waals surface area contributed by atoms with E-state index in [4.69, 9.17) is 21.7 Å². The number of hydrogen-bond acceptors (Lipinski definition) is 5. The third-order valence-corrected chi connectivity index (χ3v) is 2.74. The van der Waals surface area contributed by atoms with Crippen LogP contribution in [0.1, 0.15) is 6.42 Å². The van der Waals surface area contributed by atoms with E-state index in [9.17, 15) is 13.2 Å². The van der Waals surface area contributed by atoms with Crippen molar-refractivity contribution in [3.05, 3.63) is 0 Å². The number of carbonyl (C=O) groups is 1. The molecule has 0 aliphatic carbocycles. The molecular formula is C6H16N4O4S. The molecule has 90 valence electrons. The molecule has 0 amide bonds. The van der Waals surface area contributed by atoms with E-state index in [-0.39, 0.29) is 19.6 Å². The summed E-state index contributed by atoms with van der Waals surface area (Å²) in [4.78, 5) is 10.4. The van der Waals surface area contributed by atoms with Gasteiger partial charge in [0.2, 0.25) is 0 Å². The monoisotopic (exact) mass is 240 g/mol. The van der Waals surface area contributed by atoms with E-state index in [1.807, 2.05) is 0 Å². The summed E-state index contributed by atoms with van der Waals surface area (Å²) < 4.78 is 22.8. The Morgan fingerprint density at radius 2 is 2.00 bits per heavy atom. The molecule has 0 aromatic rings. The molecule has 0 heterocycles. The van der Waals surface area contributed by atoms with Gasteiger partial charge in [-0.2, -0.15) is 12.7 Å². The quantitative estimate of drug-likeness (QED) is 0.378. The first-order valence-corrected chi connectivity index (χ1v) is 5.75. The number of aliphatic carboxylic acids is 1. The van der Waals surface area contributed by atoms with Crippen molar-refractivity contribution < 1.29 is 18.3 Å². The predicted molar refractivity (Wildman–Crippen MR) is 54.0 cm³/mol. The van der Waals surface area contributed by atoms with Crippen LogP contribution in [-0.4, -0.2) is 49.5 Å². The molecule has 0 rings (SSSR count). The topological polar surface area (TPSA) is 153 Å². The fraction of sp³-hybridized carbons (Fsp3) is 0.833. The van der Waals surface area contributed by atoms with Crippen LogP contribution in [0.3, 0.4) is 0 Å². The average molecular weight is 240 g/mol. The van der Waals surface area contributed by atoms with Gasteiger partial charge in [-0.3, -0.25) is 4.79 Å². The van der Waals surface area contributed by atoms with Crippen LogP contribution in [0.25, 0.3) is 0 Å². The summed E-state index contributed by atoms with van der Waals surface area (Å²) in [6.07, 6.45) is 0.392. The summed E-state index contributed by atoms with van der Waals surface area (Å²) in [5, 5.41) is 13.4. The Labute approximate surface area is 88.2 Å². The van der Waals surface area contributed by atoms with Crippen molar-refractivity contribution in [2.24, 2.45) is 16.6 Å². The molecule has 0 radical (unpaired) electrons. The van der Waals surface area contributed by atoms with E-state index in [1.54, 1.807) is 0 Å². The lowest BCUT2D eigenvalue weighted by atomic mass is 10.3. The van der Waals surface area contributed by atoms with Crippen molar-refractivity contribution >= 4 is 16.2 Å². The summed E-state index contributed by atoms with van der Waals surface area (Å²) in [7, 11) is -3.93. The molecule has 0 aromatic carbocycles. The highest BCUT2D eigenvalue weighted by Crippen LogP contribution is 1.98. The SMILES string of the molecule is NCCCN(C[C@H](N)C(=O)O)S(N)(=O)=O. The number of carboxylic acid groups (broad SMARTS) is 1. The first kappa shape index (κ1) is 14.3. The highest BCUT2D eigenvalue weighted by molar-refractivity contribution is 7.86. The lowest BCUT2D eigenvalue weighted by Crippen LogP contribution is -2.48. The molecule has 1 atom stereocenters. The smallest absolute Gasteiger partial charge is 0.321 e. The van der Waals surface area contributed by atoms with E-state index in [0.29, 0.717) is 6.42 Å². The average Bonchev–Trinajstić information content (AvgIpc) is 2.09. The highest BCUT2D eigenvalue weighted by Gasteiger charge is 2.23. The van der Waals surface area contributed by atoms with Crippen LogP contribution in [0.2, 0.25) is 0 Å². The van der Waals surface area contributed by atoms with Gasteiger partial charge in [0.25, 0.3) is 10.2 Å². The van der Waals surface area contributed by atoms with Gasteiger partial charge in [0.15, 0.2) is 0 Å². The Bertz CT molecular complexity index is 304. The Morgan fingerprint density at radius 3 is 2.33 bits per heavy atom. The van der Waals surface area contributed by atoms with Gasteiger partial charge in [0, 0.05) is 13.1 Å². The van der Waals surface area contributed by atoms with Gasteiger partial charge in [0.1, 0.15) is 6.04 Å². The van der Waals surface area contributed by atoms with Crippen molar-refractivity contribution in [3.8, 4) is 0 Å². The Kier molecular flexibility index (Phi) is 5.68. The lowest BCUT2D eigenvalue weighted by Gasteiger charge is -2.20. The second-order valence-electron chi connectivity index (χ2n) is 2.99. The van der Waals surface area contributed by atoms with Gasteiger partial charge in [-0.15, -0.1) is 0 Å². The molecule has 0 aliphatic rings. The molecule has 0 unspecified atom stereocenters. The molecule has 0 aliphatic heterocycles. The molecule has 0 saturated carbocycles. The summed E-state index contributed by atoms with van der Waals surface area (Å²) in [5.41, 5.74) is 10.4. The van der Waals surface area contributed by atoms with Gasteiger partial charge < -0.3 is 16.6 Å². The van der Waals surface area contributed by atoms with E-state index in [1.165, 1.54) is 0 Å². The summed E-state index contributed by atoms with van der Waals surface area (Å²) in [6.45, 7) is -0.00118. The number of nitrogens with two attached hydrogens (primary N) is 3. The minimum atomic E-state index is -3.93. The summed E-state index contributed by atoms with van der Waals surface area (Å²) in [5.74, 6) is -1.28. The zero-order valence-electron chi connectivity index (χ0n) is 8.17. The fourth-order valence-electron chi connectivity index (χ4n) is 0.888. The third kappa shape index (κ3) is 5.64.